The summed E-state index contributed by atoms with van der Waals surface area (Å²) in [6.07, 6.45) is 1.79. The maximum atomic E-state index is 13.0. The topological polar surface area (TPSA) is 102 Å². The van der Waals surface area contributed by atoms with Gasteiger partial charge in [0.05, 0.1) is 12.7 Å². The van der Waals surface area contributed by atoms with Gasteiger partial charge in [0.15, 0.2) is 6.61 Å². The molecule has 1 fully saturated rings. The summed E-state index contributed by atoms with van der Waals surface area (Å²) in [6, 6.07) is 10.4. The number of nitrogens with zero attached hydrogens (tertiary/aromatic N) is 1. The molecule has 178 valence electrons. The van der Waals surface area contributed by atoms with Crippen LogP contribution in [0.25, 0.3) is 0 Å². The van der Waals surface area contributed by atoms with Crippen LogP contribution in [0.2, 0.25) is 5.02 Å². The molecular weight excluding hydrogens is 475 g/mol. The molecule has 1 saturated heterocycles. The minimum Gasteiger partial charge on any atom is -0.490 e. The minimum absolute atomic E-state index is 0.0725. The van der Waals surface area contributed by atoms with Crippen LogP contribution in [0, 0.1) is 5.82 Å². The van der Waals surface area contributed by atoms with Gasteiger partial charge >= 0.3 is 0 Å². The molecule has 0 saturated carbocycles. The van der Waals surface area contributed by atoms with Crippen molar-refractivity contribution in [3.05, 3.63) is 58.9 Å². The van der Waals surface area contributed by atoms with Crippen LogP contribution in [0.1, 0.15) is 18.4 Å². The number of rotatable bonds is 8. The Bertz CT molecular complexity index is 1100. The summed E-state index contributed by atoms with van der Waals surface area (Å²) in [5.41, 5.74) is 0.364. The highest BCUT2D eigenvalue weighted by Crippen LogP contribution is 2.24. The maximum absolute atomic E-state index is 13.0. The first kappa shape index (κ1) is 24.8. The second-order valence-electron chi connectivity index (χ2n) is 7.67. The van der Waals surface area contributed by atoms with E-state index in [0.29, 0.717) is 42.3 Å². The molecule has 0 unspecified atom stereocenters. The number of sulfonamides is 1. The normalized spacial score (nSPS) is 14.6. The summed E-state index contributed by atoms with van der Waals surface area (Å²) in [6.45, 7) is 0.725. The fourth-order valence-electron chi connectivity index (χ4n) is 3.40. The lowest BCUT2D eigenvalue weighted by molar-refractivity contribution is -0.135. The number of ether oxygens (including phenoxy) is 2. The van der Waals surface area contributed by atoms with E-state index < -0.39 is 15.9 Å². The van der Waals surface area contributed by atoms with Crippen LogP contribution in [0.5, 0.6) is 11.5 Å². The van der Waals surface area contributed by atoms with Crippen molar-refractivity contribution >= 4 is 33.4 Å². The summed E-state index contributed by atoms with van der Waals surface area (Å²) in [5.74, 6) is -0.441. The highest BCUT2D eigenvalue weighted by Gasteiger charge is 2.24. The molecule has 1 aliphatic heterocycles. The second kappa shape index (κ2) is 10.8. The molecule has 2 amide bonds. The molecule has 8 nitrogen and oxygen atoms in total. The van der Waals surface area contributed by atoms with Crippen LogP contribution in [0.4, 0.5) is 4.39 Å². The number of hydrogen-bond acceptors (Lipinski definition) is 6. The summed E-state index contributed by atoms with van der Waals surface area (Å²) in [5, 5.41) is 0.346. The number of piperidine rings is 1. The molecule has 0 aliphatic carbocycles. The average Bonchev–Trinajstić information content (AvgIpc) is 2.74. The highest BCUT2D eigenvalue weighted by molar-refractivity contribution is 7.89. The number of amides is 2. The fourth-order valence-corrected chi connectivity index (χ4v) is 4.08. The first-order valence-electron chi connectivity index (χ1n) is 10.2. The number of halogens is 2. The molecule has 2 aromatic rings. The van der Waals surface area contributed by atoms with Crippen molar-refractivity contribution in [3.63, 3.8) is 0 Å². The van der Waals surface area contributed by atoms with E-state index in [1.807, 2.05) is 4.72 Å². The Balaban J connectivity index is 1.51. The van der Waals surface area contributed by atoms with Crippen LogP contribution >= 0.6 is 11.6 Å². The monoisotopic (exact) mass is 498 g/mol. The van der Waals surface area contributed by atoms with E-state index in [-0.39, 0.29) is 36.6 Å². The fraction of sp³-hybridized carbons (Fsp3) is 0.364. The molecule has 0 atom stereocenters. The third kappa shape index (κ3) is 7.90. The smallest absolute Gasteiger partial charge is 0.260 e. The molecule has 3 rings (SSSR count). The van der Waals surface area contributed by atoms with Gasteiger partial charge in [-0.05, 0) is 42.5 Å². The third-order valence-electron chi connectivity index (χ3n) is 4.93. The molecular formula is C22H24ClFN2O6S. The van der Waals surface area contributed by atoms with Gasteiger partial charge in [-0.2, -0.15) is 0 Å². The van der Waals surface area contributed by atoms with E-state index in [1.165, 1.54) is 24.3 Å². The number of benzene rings is 2. The van der Waals surface area contributed by atoms with E-state index in [9.17, 15) is 22.4 Å². The maximum Gasteiger partial charge on any atom is 0.260 e. The van der Waals surface area contributed by atoms with E-state index in [1.54, 1.807) is 23.1 Å². The van der Waals surface area contributed by atoms with Gasteiger partial charge in [0, 0.05) is 36.5 Å². The molecule has 1 N–H and O–H groups in total. The Kier molecular flexibility index (Phi) is 8.15. The summed E-state index contributed by atoms with van der Waals surface area (Å²) >= 11 is 5.99. The van der Waals surface area contributed by atoms with Crippen LogP contribution in [-0.4, -0.2) is 57.2 Å². The summed E-state index contributed by atoms with van der Waals surface area (Å²) < 4.78 is 48.9. The Morgan fingerprint density at radius 2 is 1.82 bits per heavy atom. The number of carbonyl (C=O) groups excluding carboxylic acids is 2. The van der Waals surface area contributed by atoms with Crippen LogP contribution in [0.3, 0.4) is 0 Å². The largest absolute Gasteiger partial charge is 0.490 e. The molecule has 0 aromatic heterocycles. The van der Waals surface area contributed by atoms with Gasteiger partial charge in [0.1, 0.15) is 23.4 Å². The zero-order valence-corrected chi connectivity index (χ0v) is 19.5. The van der Waals surface area contributed by atoms with Crippen LogP contribution in [0.15, 0.2) is 42.5 Å². The number of nitrogens with one attached hydrogen (secondary N) is 1. The molecule has 0 radical (unpaired) electrons. The van der Waals surface area contributed by atoms with Gasteiger partial charge in [-0.3, -0.25) is 14.3 Å². The Morgan fingerprint density at radius 1 is 1.15 bits per heavy atom. The standard InChI is InChI=1S/C22H24ClFN2O6S/c1-33(29,30)25-21(27)13-15-12-16(23)2-7-20(15)31-14-22(28)26-10-8-19(9-11-26)32-18-5-3-17(24)4-6-18/h2-7,12,19H,8-11,13-14H2,1H3,(H,25,27). The van der Waals surface area contributed by atoms with Crippen molar-refractivity contribution in [2.24, 2.45) is 0 Å². The van der Waals surface area contributed by atoms with Crippen molar-refractivity contribution < 1.29 is 31.9 Å². The second-order valence-corrected chi connectivity index (χ2v) is 9.85. The van der Waals surface area contributed by atoms with Crippen molar-refractivity contribution in [1.29, 1.82) is 0 Å². The number of likely N-dealkylation sites (tertiary alicyclic amines) is 1. The zero-order valence-electron chi connectivity index (χ0n) is 17.9. The molecule has 0 spiro atoms. The lowest BCUT2D eigenvalue weighted by atomic mass is 10.1. The number of hydrogen-bond donors (Lipinski definition) is 1. The van der Waals surface area contributed by atoms with Crippen molar-refractivity contribution in [2.45, 2.75) is 25.4 Å². The Hall–Kier alpha value is -2.85. The predicted molar refractivity (Wildman–Crippen MR) is 120 cm³/mol. The van der Waals surface area contributed by atoms with Crippen molar-refractivity contribution in [3.8, 4) is 11.5 Å². The SMILES string of the molecule is CS(=O)(=O)NC(=O)Cc1cc(Cl)ccc1OCC(=O)N1CCC(Oc2ccc(F)cc2)CC1. The molecule has 1 aliphatic rings. The Labute approximate surface area is 196 Å². The predicted octanol–water partition coefficient (Wildman–Crippen LogP) is 2.55. The van der Waals surface area contributed by atoms with E-state index in [2.05, 4.69) is 0 Å². The van der Waals surface area contributed by atoms with Crippen molar-refractivity contribution in [2.75, 3.05) is 26.0 Å². The molecule has 33 heavy (non-hydrogen) atoms. The summed E-state index contributed by atoms with van der Waals surface area (Å²) in [7, 11) is -3.69. The molecule has 11 heteroatoms. The van der Waals surface area contributed by atoms with Gasteiger partial charge in [0.25, 0.3) is 5.91 Å². The quantitative estimate of drug-likeness (QED) is 0.600. The lowest BCUT2D eigenvalue weighted by Gasteiger charge is -2.32. The highest BCUT2D eigenvalue weighted by atomic mass is 35.5. The van der Waals surface area contributed by atoms with Gasteiger partial charge in [-0.25, -0.2) is 12.8 Å². The molecule has 1 heterocycles. The average molecular weight is 499 g/mol. The van der Waals surface area contributed by atoms with Gasteiger partial charge < -0.3 is 14.4 Å². The van der Waals surface area contributed by atoms with Crippen LogP contribution in [-0.2, 0) is 26.0 Å². The number of carbonyl (C=O) groups is 2. The Morgan fingerprint density at radius 3 is 2.45 bits per heavy atom. The molecule has 0 bridgehead atoms. The third-order valence-corrected chi connectivity index (χ3v) is 5.77. The van der Waals surface area contributed by atoms with Gasteiger partial charge in [0.2, 0.25) is 15.9 Å². The minimum atomic E-state index is -3.69. The van der Waals surface area contributed by atoms with E-state index in [0.717, 1.165) is 6.26 Å². The van der Waals surface area contributed by atoms with Gasteiger partial charge in [-0.15, -0.1) is 0 Å². The zero-order chi connectivity index (χ0) is 24.0. The lowest BCUT2D eigenvalue weighted by Crippen LogP contribution is -2.43. The summed E-state index contributed by atoms with van der Waals surface area (Å²) in [4.78, 5) is 26.2. The van der Waals surface area contributed by atoms with Gasteiger partial charge in [-0.1, -0.05) is 11.6 Å². The molecule has 2 aromatic carbocycles. The van der Waals surface area contributed by atoms with Crippen LogP contribution < -0.4 is 14.2 Å². The van der Waals surface area contributed by atoms with Crippen molar-refractivity contribution in [1.82, 2.24) is 9.62 Å². The first-order chi connectivity index (χ1) is 15.6. The first-order valence-corrected chi connectivity index (χ1v) is 12.5. The van der Waals surface area contributed by atoms with E-state index in [4.69, 9.17) is 21.1 Å². The van der Waals surface area contributed by atoms with E-state index >= 15 is 0 Å².